The van der Waals surface area contributed by atoms with Crippen molar-refractivity contribution < 1.29 is 13.9 Å². The Labute approximate surface area is 109 Å². The summed E-state index contributed by atoms with van der Waals surface area (Å²) < 4.78 is 24.8. The van der Waals surface area contributed by atoms with Gasteiger partial charge in [0.2, 0.25) is 0 Å². The van der Waals surface area contributed by atoms with Gasteiger partial charge in [-0.05, 0) is 32.7 Å². The molecule has 1 rings (SSSR count). The highest BCUT2D eigenvalue weighted by molar-refractivity contribution is 4.96. The van der Waals surface area contributed by atoms with Crippen molar-refractivity contribution in [1.82, 2.24) is 10.2 Å². The Hall–Kier alpha value is -0.260. The average Bonchev–Trinajstić information content (AvgIpc) is 2.27. The summed E-state index contributed by atoms with van der Waals surface area (Å²) in [5.74, 6) is 0. The first-order valence-corrected chi connectivity index (χ1v) is 6.75. The van der Waals surface area contributed by atoms with Crippen LogP contribution in [0.1, 0.15) is 39.5 Å². The molecule has 1 saturated carbocycles. The van der Waals surface area contributed by atoms with Crippen LogP contribution in [0.4, 0.5) is 8.78 Å². The number of hydrogen-bond donors (Lipinski definition) is 2. The molecule has 1 fully saturated rings. The highest BCUT2D eigenvalue weighted by atomic mass is 19.3. The predicted molar refractivity (Wildman–Crippen MR) is 69.0 cm³/mol. The zero-order valence-corrected chi connectivity index (χ0v) is 11.6. The van der Waals surface area contributed by atoms with E-state index in [1.807, 2.05) is 13.8 Å². The fraction of sp³-hybridized carbons (Fsp3) is 1.00. The Morgan fingerprint density at radius 1 is 1.44 bits per heavy atom. The number of rotatable bonds is 6. The van der Waals surface area contributed by atoms with E-state index in [2.05, 4.69) is 5.32 Å². The van der Waals surface area contributed by atoms with Crippen LogP contribution in [0.15, 0.2) is 0 Å². The average molecular weight is 264 g/mol. The van der Waals surface area contributed by atoms with Gasteiger partial charge in [0.15, 0.2) is 0 Å². The van der Waals surface area contributed by atoms with Crippen molar-refractivity contribution in [2.24, 2.45) is 0 Å². The van der Waals surface area contributed by atoms with Crippen molar-refractivity contribution in [1.29, 1.82) is 0 Å². The molecule has 0 amide bonds. The summed E-state index contributed by atoms with van der Waals surface area (Å²) in [6, 6.07) is 0.419. The lowest BCUT2D eigenvalue weighted by Gasteiger charge is -2.44. The van der Waals surface area contributed by atoms with Gasteiger partial charge in [-0.1, -0.05) is 13.8 Å². The number of alkyl halides is 2. The summed E-state index contributed by atoms with van der Waals surface area (Å²) in [7, 11) is 1.75. The molecule has 108 valence electrons. The van der Waals surface area contributed by atoms with Gasteiger partial charge in [-0.15, -0.1) is 0 Å². The van der Waals surface area contributed by atoms with Crippen LogP contribution in [0.3, 0.4) is 0 Å². The third-order valence-electron chi connectivity index (χ3n) is 3.77. The molecule has 0 aromatic carbocycles. The van der Waals surface area contributed by atoms with E-state index in [1.165, 1.54) is 0 Å². The van der Waals surface area contributed by atoms with Crippen molar-refractivity contribution in [2.45, 2.75) is 63.6 Å². The standard InChI is InChI=1S/C13H26F2N2O/c1-10(2)16-13(9-18)6-4-5-11(7-13)17(3)8-12(14)15/h10-12,16,18H,4-9H2,1-3H3. The molecule has 18 heavy (non-hydrogen) atoms. The smallest absolute Gasteiger partial charge is 0.251 e. The molecule has 0 aliphatic heterocycles. The minimum absolute atomic E-state index is 0.0736. The maximum atomic E-state index is 12.4. The number of aliphatic hydroxyl groups is 1. The quantitative estimate of drug-likeness (QED) is 0.768. The molecule has 0 heterocycles. The van der Waals surface area contributed by atoms with Gasteiger partial charge < -0.3 is 10.4 Å². The molecule has 5 heteroatoms. The lowest BCUT2D eigenvalue weighted by Crippen LogP contribution is -2.57. The summed E-state index contributed by atoms with van der Waals surface area (Å²) in [5, 5.41) is 13.1. The highest BCUT2D eigenvalue weighted by Crippen LogP contribution is 2.31. The van der Waals surface area contributed by atoms with Gasteiger partial charge in [0.1, 0.15) is 0 Å². The van der Waals surface area contributed by atoms with E-state index in [1.54, 1.807) is 11.9 Å². The van der Waals surface area contributed by atoms with Crippen LogP contribution in [-0.2, 0) is 0 Å². The van der Waals surface area contributed by atoms with E-state index in [0.29, 0.717) is 0 Å². The summed E-state index contributed by atoms with van der Waals surface area (Å²) in [6.45, 7) is 3.98. The molecule has 0 bridgehead atoms. The van der Waals surface area contributed by atoms with Crippen molar-refractivity contribution in [2.75, 3.05) is 20.2 Å². The maximum Gasteiger partial charge on any atom is 0.251 e. The zero-order valence-electron chi connectivity index (χ0n) is 11.6. The first-order chi connectivity index (χ1) is 8.38. The normalized spacial score (nSPS) is 29.5. The second-order valence-electron chi connectivity index (χ2n) is 5.82. The number of aliphatic hydroxyl groups excluding tert-OH is 1. The molecule has 0 aromatic rings. The number of nitrogens with one attached hydrogen (secondary N) is 1. The molecule has 3 nitrogen and oxygen atoms in total. The third kappa shape index (κ3) is 4.44. The lowest BCUT2D eigenvalue weighted by molar-refractivity contribution is 0.0329. The topological polar surface area (TPSA) is 35.5 Å². The van der Waals surface area contributed by atoms with Gasteiger partial charge >= 0.3 is 0 Å². The minimum atomic E-state index is -2.29. The molecule has 0 spiro atoms. The molecule has 0 radical (unpaired) electrons. The summed E-state index contributed by atoms with van der Waals surface area (Å²) in [5.41, 5.74) is -0.298. The molecule has 1 aliphatic carbocycles. The van der Waals surface area contributed by atoms with Crippen molar-refractivity contribution >= 4 is 0 Å². The number of hydrogen-bond acceptors (Lipinski definition) is 3. The maximum absolute atomic E-state index is 12.4. The van der Waals surface area contributed by atoms with Crippen LogP contribution < -0.4 is 5.32 Å². The van der Waals surface area contributed by atoms with Gasteiger partial charge in [0, 0.05) is 17.6 Å². The fourth-order valence-electron chi connectivity index (χ4n) is 3.01. The van der Waals surface area contributed by atoms with Crippen LogP contribution in [-0.4, -0.2) is 54.3 Å². The molecular formula is C13H26F2N2O. The Balaban J connectivity index is 2.62. The lowest BCUT2D eigenvalue weighted by atomic mass is 9.78. The molecule has 2 N–H and O–H groups in total. The first-order valence-electron chi connectivity index (χ1n) is 6.75. The molecule has 2 unspecified atom stereocenters. The van der Waals surface area contributed by atoms with Crippen LogP contribution in [0.2, 0.25) is 0 Å². The summed E-state index contributed by atoms with van der Waals surface area (Å²) in [4.78, 5) is 1.73. The largest absolute Gasteiger partial charge is 0.394 e. The van der Waals surface area contributed by atoms with Crippen LogP contribution >= 0.6 is 0 Å². The molecule has 1 aliphatic rings. The molecule has 2 atom stereocenters. The zero-order chi connectivity index (χ0) is 13.8. The monoisotopic (exact) mass is 264 g/mol. The van der Waals surface area contributed by atoms with Gasteiger partial charge in [-0.3, -0.25) is 4.90 Å². The minimum Gasteiger partial charge on any atom is -0.394 e. The molecular weight excluding hydrogens is 238 g/mol. The third-order valence-corrected chi connectivity index (χ3v) is 3.77. The van der Waals surface area contributed by atoms with E-state index in [0.717, 1.165) is 25.7 Å². The summed E-state index contributed by atoms with van der Waals surface area (Å²) >= 11 is 0. The van der Waals surface area contributed by atoms with E-state index in [-0.39, 0.29) is 30.8 Å². The van der Waals surface area contributed by atoms with Crippen molar-refractivity contribution in [3.63, 3.8) is 0 Å². The van der Waals surface area contributed by atoms with E-state index < -0.39 is 6.43 Å². The van der Waals surface area contributed by atoms with Crippen LogP contribution in [0.5, 0.6) is 0 Å². The Bertz CT molecular complexity index is 251. The Kier molecular flexibility index (Phi) is 5.95. The predicted octanol–water partition coefficient (Wildman–Crippen LogP) is 1.85. The first kappa shape index (κ1) is 15.8. The van der Waals surface area contributed by atoms with E-state index >= 15 is 0 Å². The number of nitrogens with zero attached hydrogens (tertiary/aromatic N) is 1. The van der Waals surface area contributed by atoms with Gasteiger partial charge in [0.25, 0.3) is 6.43 Å². The van der Waals surface area contributed by atoms with Gasteiger partial charge in [-0.25, -0.2) is 8.78 Å². The summed E-state index contributed by atoms with van der Waals surface area (Å²) in [6.07, 6.45) is 1.27. The Morgan fingerprint density at radius 3 is 2.61 bits per heavy atom. The van der Waals surface area contributed by atoms with Crippen LogP contribution in [0.25, 0.3) is 0 Å². The van der Waals surface area contributed by atoms with Gasteiger partial charge in [-0.2, -0.15) is 0 Å². The van der Waals surface area contributed by atoms with Crippen molar-refractivity contribution in [3.05, 3.63) is 0 Å². The molecule has 0 aromatic heterocycles. The highest BCUT2D eigenvalue weighted by Gasteiger charge is 2.37. The second kappa shape index (κ2) is 6.78. The second-order valence-corrected chi connectivity index (χ2v) is 5.82. The van der Waals surface area contributed by atoms with Gasteiger partial charge in [0.05, 0.1) is 13.2 Å². The Morgan fingerprint density at radius 2 is 2.11 bits per heavy atom. The van der Waals surface area contributed by atoms with Crippen LogP contribution in [0, 0.1) is 0 Å². The van der Waals surface area contributed by atoms with E-state index in [9.17, 15) is 13.9 Å². The van der Waals surface area contributed by atoms with Crippen molar-refractivity contribution in [3.8, 4) is 0 Å². The SMILES string of the molecule is CC(C)NC1(CO)CCCC(N(C)CC(F)F)C1. The number of halogens is 2. The molecule has 0 saturated heterocycles. The van der Waals surface area contributed by atoms with E-state index in [4.69, 9.17) is 0 Å². The fourth-order valence-corrected chi connectivity index (χ4v) is 3.01.